The number of guanidine groups is 1. The molecule has 0 saturated carbocycles. The Labute approximate surface area is 151 Å². The number of hydrogen-bond acceptors (Lipinski definition) is 3. The van der Waals surface area contributed by atoms with Crippen molar-refractivity contribution < 1.29 is 4.74 Å². The molecule has 3 rings (SSSR count). The summed E-state index contributed by atoms with van der Waals surface area (Å²) in [5, 5.41) is 6.91. The molecule has 1 aromatic rings. The molecule has 0 spiro atoms. The molecule has 0 radical (unpaired) electrons. The van der Waals surface area contributed by atoms with E-state index in [1.165, 1.54) is 17.5 Å². The first kappa shape index (κ1) is 18.2. The topological polar surface area (TPSA) is 48.9 Å². The lowest BCUT2D eigenvalue weighted by Gasteiger charge is -2.35. The molecule has 1 aromatic carbocycles. The highest BCUT2D eigenvalue weighted by molar-refractivity contribution is 5.79. The Morgan fingerprint density at radius 1 is 1.32 bits per heavy atom. The van der Waals surface area contributed by atoms with Crippen LogP contribution in [0.25, 0.3) is 0 Å². The summed E-state index contributed by atoms with van der Waals surface area (Å²) in [4.78, 5) is 6.96. The first-order valence-corrected chi connectivity index (χ1v) is 9.67. The van der Waals surface area contributed by atoms with Crippen LogP contribution >= 0.6 is 0 Å². The van der Waals surface area contributed by atoms with Gasteiger partial charge >= 0.3 is 0 Å². The van der Waals surface area contributed by atoms with Gasteiger partial charge in [0.05, 0.1) is 6.10 Å². The van der Waals surface area contributed by atoms with Crippen LogP contribution in [0.4, 0.5) is 0 Å². The van der Waals surface area contributed by atoms with Crippen molar-refractivity contribution >= 4 is 5.96 Å². The summed E-state index contributed by atoms with van der Waals surface area (Å²) in [6, 6.07) is 9.36. The van der Waals surface area contributed by atoms with E-state index in [2.05, 4.69) is 51.7 Å². The summed E-state index contributed by atoms with van der Waals surface area (Å²) in [5.41, 5.74) is 2.99. The summed E-state index contributed by atoms with van der Waals surface area (Å²) in [6.07, 6.45) is 4.94. The van der Waals surface area contributed by atoms with Gasteiger partial charge in [-0.15, -0.1) is 0 Å². The zero-order chi connectivity index (χ0) is 17.5. The predicted octanol–water partition coefficient (Wildman–Crippen LogP) is 2.17. The lowest BCUT2D eigenvalue weighted by atomic mass is 9.98. The fraction of sp³-hybridized carbons (Fsp3) is 0.650. The van der Waals surface area contributed by atoms with Crippen LogP contribution < -0.4 is 10.6 Å². The first-order valence-electron chi connectivity index (χ1n) is 9.67. The number of nitrogens with one attached hydrogen (secondary N) is 2. The van der Waals surface area contributed by atoms with E-state index in [-0.39, 0.29) is 0 Å². The number of aliphatic imine (C=N–C) groups is 1. The number of rotatable bonds is 6. The van der Waals surface area contributed by atoms with Gasteiger partial charge < -0.3 is 15.4 Å². The number of nitrogens with zero attached hydrogens (tertiary/aromatic N) is 2. The normalized spacial score (nSPS) is 22.5. The predicted molar refractivity (Wildman–Crippen MR) is 103 cm³/mol. The Kier molecular flexibility index (Phi) is 6.70. The molecule has 2 aliphatic heterocycles. The highest BCUT2D eigenvalue weighted by atomic mass is 16.5. The van der Waals surface area contributed by atoms with Gasteiger partial charge in [-0.3, -0.25) is 9.89 Å². The molecule has 138 valence electrons. The minimum absolute atomic E-state index is 0.333. The molecular weight excluding hydrogens is 312 g/mol. The van der Waals surface area contributed by atoms with Gasteiger partial charge in [-0.25, -0.2) is 0 Å². The average Bonchev–Trinajstić information content (AvgIpc) is 3.18. The molecule has 2 unspecified atom stereocenters. The fourth-order valence-electron chi connectivity index (χ4n) is 3.81. The molecular formula is C20H32N4O. The van der Waals surface area contributed by atoms with Crippen molar-refractivity contribution in [3.05, 3.63) is 35.4 Å². The molecule has 1 fully saturated rings. The Bertz CT molecular complexity index is 569. The molecule has 2 aliphatic rings. The molecule has 0 aromatic heterocycles. The van der Waals surface area contributed by atoms with Gasteiger partial charge in [0.1, 0.15) is 0 Å². The number of ether oxygens (including phenoxy) is 1. The van der Waals surface area contributed by atoms with Gasteiger partial charge in [-0.05, 0) is 36.8 Å². The van der Waals surface area contributed by atoms with Crippen LogP contribution in [0.5, 0.6) is 0 Å². The van der Waals surface area contributed by atoms with Crippen LogP contribution in [-0.4, -0.2) is 56.3 Å². The summed E-state index contributed by atoms with van der Waals surface area (Å²) in [7, 11) is 1.84. The van der Waals surface area contributed by atoms with Crippen molar-refractivity contribution in [1.82, 2.24) is 15.5 Å². The Morgan fingerprint density at radius 2 is 2.16 bits per heavy atom. The van der Waals surface area contributed by atoms with Crippen molar-refractivity contribution in [3.8, 4) is 0 Å². The molecule has 5 heteroatoms. The zero-order valence-corrected chi connectivity index (χ0v) is 15.6. The smallest absolute Gasteiger partial charge is 0.191 e. The first-order chi connectivity index (χ1) is 12.3. The number of benzene rings is 1. The van der Waals surface area contributed by atoms with Gasteiger partial charge in [0.15, 0.2) is 5.96 Å². The SMILES string of the molecule is CCC(CNC(=NC)NCC1CCCO1)N1CCc2ccccc2C1. The van der Waals surface area contributed by atoms with Crippen LogP contribution in [-0.2, 0) is 17.7 Å². The Balaban J connectivity index is 1.48. The maximum absolute atomic E-state index is 5.67. The van der Waals surface area contributed by atoms with E-state index in [0.29, 0.717) is 12.1 Å². The van der Waals surface area contributed by atoms with Crippen LogP contribution in [0.15, 0.2) is 29.3 Å². The van der Waals surface area contributed by atoms with E-state index < -0.39 is 0 Å². The van der Waals surface area contributed by atoms with Gasteiger partial charge in [0.2, 0.25) is 0 Å². The van der Waals surface area contributed by atoms with Crippen LogP contribution in [0.1, 0.15) is 37.3 Å². The van der Waals surface area contributed by atoms with Crippen molar-refractivity contribution in [2.45, 2.75) is 51.3 Å². The minimum atomic E-state index is 0.333. The number of fused-ring (bicyclic) bond motifs is 1. The fourth-order valence-corrected chi connectivity index (χ4v) is 3.81. The van der Waals surface area contributed by atoms with E-state index in [9.17, 15) is 0 Å². The molecule has 0 aliphatic carbocycles. The van der Waals surface area contributed by atoms with Crippen LogP contribution in [0.2, 0.25) is 0 Å². The van der Waals surface area contributed by atoms with E-state index >= 15 is 0 Å². The zero-order valence-electron chi connectivity index (χ0n) is 15.6. The maximum atomic E-state index is 5.67. The van der Waals surface area contributed by atoms with Crippen molar-refractivity contribution in [3.63, 3.8) is 0 Å². The lowest BCUT2D eigenvalue weighted by molar-refractivity contribution is 0.113. The second-order valence-electron chi connectivity index (χ2n) is 7.02. The van der Waals surface area contributed by atoms with Crippen molar-refractivity contribution in [1.29, 1.82) is 0 Å². The van der Waals surface area contributed by atoms with E-state index in [1.807, 2.05) is 7.05 Å². The Morgan fingerprint density at radius 3 is 2.88 bits per heavy atom. The molecule has 2 atom stereocenters. The van der Waals surface area contributed by atoms with E-state index in [4.69, 9.17) is 4.74 Å². The molecule has 5 nitrogen and oxygen atoms in total. The molecule has 2 heterocycles. The van der Waals surface area contributed by atoms with E-state index in [0.717, 1.165) is 58.0 Å². The molecule has 0 amide bonds. The highest BCUT2D eigenvalue weighted by Gasteiger charge is 2.22. The number of hydrogen-bond donors (Lipinski definition) is 2. The summed E-state index contributed by atoms with van der Waals surface area (Å²) < 4.78 is 5.67. The molecule has 25 heavy (non-hydrogen) atoms. The standard InChI is InChI=1S/C20H32N4O/c1-3-18(24-11-10-16-7-4-5-8-17(16)15-24)13-22-20(21-2)23-14-19-9-6-12-25-19/h4-5,7-8,18-19H,3,6,9-15H2,1-2H3,(H2,21,22,23). The van der Waals surface area contributed by atoms with Crippen LogP contribution in [0, 0.1) is 0 Å². The van der Waals surface area contributed by atoms with Gasteiger partial charge in [0, 0.05) is 45.9 Å². The summed E-state index contributed by atoms with van der Waals surface area (Å²) in [5.74, 6) is 0.881. The third kappa shape index (κ3) is 4.95. The maximum Gasteiger partial charge on any atom is 0.191 e. The quantitative estimate of drug-likeness (QED) is 0.613. The minimum Gasteiger partial charge on any atom is -0.376 e. The van der Waals surface area contributed by atoms with Crippen molar-refractivity contribution in [2.75, 3.05) is 33.3 Å². The average molecular weight is 345 g/mol. The lowest BCUT2D eigenvalue weighted by Crippen LogP contribution is -2.49. The highest BCUT2D eigenvalue weighted by Crippen LogP contribution is 2.21. The second kappa shape index (κ2) is 9.20. The van der Waals surface area contributed by atoms with Crippen molar-refractivity contribution in [2.24, 2.45) is 4.99 Å². The summed E-state index contributed by atoms with van der Waals surface area (Å²) in [6.45, 7) is 7.12. The second-order valence-corrected chi connectivity index (χ2v) is 7.02. The summed E-state index contributed by atoms with van der Waals surface area (Å²) >= 11 is 0. The van der Waals surface area contributed by atoms with Gasteiger partial charge in [-0.1, -0.05) is 31.2 Å². The Hall–Kier alpha value is -1.59. The van der Waals surface area contributed by atoms with Gasteiger partial charge in [0.25, 0.3) is 0 Å². The third-order valence-corrected chi connectivity index (χ3v) is 5.40. The molecule has 2 N–H and O–H groups in total. The van der Waals surface area contributed by atoms with Crippen LogP contribution in [0.3, 0.4) is 0 Å². The molecule has 1 saturated heterocycles. The monoisotopic (exact) mass is 344 g/mol. The third-order valence-electron chi connectivity index (χ3n) is 5.40. The molecule has 0 bridgehead atoms. The largest absolute Gasteiger partial charge is 0.376 e. The van der Waals surface area contributed by atoms with Gasteiger partial charge in [-0.2, -0.15) is 0 Å². The van der Waals surface area contributed by atoms with E-state index in [1.54, 1.807) is 0 Å².